The molecule has 1 aromatic carbocycles. The molecule has 1 unspecified atom stereocenters. The average molecular weight is 364 g/mol. The molecule has 20 heavy (non-hydrogen) atoms. The largest absolute Gasteiger partial charge is 0.479 e. The Morgan fingerprint density at radius 3 is 2.75 bits per heavy atom. The first-order valence-electron chi connectivity index (χ1n) is 5.78. The van der Waals surface area contributed by atoms with E-state index in [0.717, 1.165) is 0 Å². The lowest BCUT2D eigenvalue weighted by atomic mass is 9.99. The number of halogens is 2. The maximum atomic E-state index is 11.9. The standard InChI is InChI=1S/C12H12BrClN2O4/c13-8-2-1-7(5-9(8)14)15-11(19)16-12(10(17)18)3-4-20-6-12/h1-2,5H,3-4,6H2,(H,17,18)(H2,15,16,19). The minimum atomic E-state index is -1.37. The topological polar surface area (TPSA) is 87.7 Å². The van der Waals surface area contributed by atoms with Gasteiger partial charge in [0, 0.05) is 23.2 Å². The second-order valence-corrected chi connectivity index (χ2v) is 5.66. The van der Waals surface area contributed by atoms with Gasteiger partial charge in [-0.3, -0.25) is 0 Å². The molecule has 0 radical (unpaired) electrons. The summed E-state index contributed by atoms with van der Waals surface area (Å²) >= 11 is 9.15. The highest BCUT2D eigenvalue weighted by Crippen LogP contribution is 2.25. The highest BCUT2D eigenvalue weighted by molar-refractivity contribution is 9.10. The maximum absolute atomic E-state index is 11.9. The summed E-state index contributed by atoms with van der Waals surface area (Å²) in [6.45, 7) is 0.257. The lowest BCUT2D eigenvalue weighted by Gasteiger charge is -2.23. The number of benzene rings is 1. The Labute approximate surface area is 128 Å². The minimum absolute atomic E-state index is 0.0448. The normalized spacial score (nSPS) is 21.5. The van der Waals surface area contributed by atoms with E-state index in [1.54, 1.807) is 18.2 Å². The van der Waals surface area contributed by atoms with E-state index in [2.05, 4.69) is 26.6 Å². The molecule has 0 spiro atoms. The van der Waals surface area contributed by atoms with Gasteiger partial charge < -0.3 is 20.5 Å². The van der Waals surface area contributed by atoms with E-state index in [1.807, 2.05) is 0 Å². The summed E-state index contributed by atoms with van der Waals surface area (Å²) in [5, 5.41) is 14.6. The van der Waals surface area contributed by atoms with Gasteiger partial charge in [-0.25, -0.2) is 9.59 Å². The van der Waals surface area contributed by atoms with Gasteiger partial charge in [0.1, 0.15) is 0 Å². The van der Waals surface area contributed by atoms with E-state index in [0.29, 0.717) is 21.8 Å². The number of ether oxygens (including phenoxy) is 1. The van der Waals surface area contributed by atoms with Crippen molar-refractivity contribution in [2.75, 3.05) is 18.5 Å². The van der Waals surface area contributed by atoms with Crippen LogP contribution in [0, 0.1) is 0 Å². The monoisotopic (exact) mass is 362 g/mol. The lowest BCUT2D eigenvalue weighted by molar-refractivity contribution is -0.144. The number of carboxylic acids is 1. The van der Waals surface area contributed by atoms with E-state index in [-0.39, 0.29) is 13.0 Å². The molecule has 0 aliphatic carbocycles. The number of carbonyl (C=O) groups excluding carboxylic acids is 1. The number of amides is 2. The Morgan fingerprint density at radius 1 is 1.45 bits per heavy atom. The predicted molar refractivity (Wildman–Crippen MR) is 77.1 cm³/mol. The first-order valence-corrected chi connectivity index (χ1v) is 6.95. The van der Waals surface area contributed by atoms with Crippen LogP contribution in [-0.4, -0.2) is 35.9 Å². The number of aliphatic carboxylic acids is 1. The van der Waals surface area contributed by atoms with Crippen molar-refractivity contribution >= 4 is 45.2 Å². The van der Waals surface area contributed by atoms with Crippen LogP contribution in [-0.2, 0) is 9.53 Å². The summed E-state index contributed by atoms with van der Waals surface area (Å²) in [5.74, 6) is -1.11. The van der Waals surface area contributed by atoms with Gasteiger partial charge >= 0.3 is 12.0 Å². The predicted octanol–water partition coefficient (Wildman–Crippen LogP) is 2.47. The fourth-order valence-electron chi connectivity index (χ4n) is 1.84. The van der Waals surface area contributed by atoms with Gasteiger partial charge in [0.15, 0.2) is 5.54 Å². The highest BCUT2D eigenvalue weighted by atomic mass is 79.9. The van der Waals surface area contributed by atoms with Crippen LogP contribution in [0.25, 0.3) is 0 Å². The van der Waals surface area contributed by atoms with Crippen LogP contribution in [0.3, 0.4) is 0 Å². The molecule has 1 saturated heterocycles. The van der Waals surface area contributed by atoms with E-state index in [4.69, 9.17) is 16.3 Å². The Balaban J connectivity index is 2.04. The molecule has 0 bridgehead atoms. The van der Waals surface area contributed by atoms with Crippen molar-refractivity contribution < 1.29 is 19.4 Å². The molecular weight excluding hydrogens is 351 g/mol. The molecule has 0 saturated carbocycles. The molecule has 1 atom stereocenters. The summed E-state index contributed by atoms with van der Waals surface area (Å²) < 4.78 is 5.76. The first-order chi connectivity index (χ1) is 9.43. The molecule has 1 heterocycles. The number of anilines is 1. The first kappa shape index (κ1) is 15.1. The van der Waals surface area contributed by atoms with Crippen LogP contribution in [0.2, 0.25) is 5.02 Å². The zero-order valence-corrected chi connectivity index (χ0v) is 12.6. The van der Waals surface area contributed by atoms with Crippen LogP contribution in [0.5, 0.6) is 0 Å². The second-order valence-electron chi connectivity index (χ2n) is 4.40. The van der Waals surface area contributed by atoms with Crippen molar-refractivity contribution in [1.82, 2.24) is 5.32 Å². The smallest absolute Gasteiger partial charge is 0.332 e. The molecule has 1 aliphatic rings. The van der Waals surface area contributed by atoms with Gasteiger partial charge in [-0.15, -0.1) is 0 Å². The molecule has 2 amide bonds. The van der Waals surface area contributed by atoms with Gasteiger partial charge in [-0.05, 0) is 34.1 Å². The van der Waals surface area contributed by atoms with E-state index in [9.17, 15) is 14.7 Å². The molecule has 6 nitrogen and oxygen atoms in total. The molecule has 3 N–H and O–H groups in total. The number of carboxylic acid groups (broad SMARTS) is 1. The van der Waals surface area contributed by atoms with Gasteiger partial charge in [0.05, 0.1) is 11.6 Å². The van der Waals surface area contributed by atoms with Crippen LogP contribution < -0.4 is 10.6 Å². The Morgan fingerprint density at radius 2 is 2.20 bits per heavy atom. The van der Waals surface area contributed by atoms with E-state index < -0.39 is 17.5 Å². The van der Waals surface area contributed by atoms with Crippen LogP contribution in [0.15, 0.2) is 22.7 Å². The number of hydrogen-bond donors (Lipinski definition) is 3. The summed E-state index contributed by atoms with van der Waals surface area (Å²) in [7, 11) is 0. The SMILES string of the molecule is O=C(Nc1ccc(Br)c(Cl)c1)NC1(C(=O)O)CCOC1. The molecule has 1 aliphatic heterocycles. The maximum Gasteiger partial charge on any atom is 0.332 e. The zero-order valence-electron chi connectivity index (χ0n) is 10.3. The third-order valence-corrected chi connectivity index (χ3v) is 4.19. The number of nitrogens with one attached hydrogen (secondary N) is 2. The van der Waals surface area contributed by atoms with Crippen molar-refractivity contribution in [1.29, 1.82) is 0 Å². The van der Waals surface area contributed by atoms with Crippen molar-refractivity contribution in [3.05, 3.63) is 27.7 Å². The van der Waals surface area contributed by atoms with Gasteiger partial charge in [-0.2, -0.15) is 0 Å². The molecule has 1 aromatic rings. The lowest BCUT2D eigenvalue weighted by Crippen LogP contribution is -2.56. The summed E-state index contributed by atoms with van der Waals surface area (Å²) in [6.07, 6.45) is 0.233. The van der Waals surface area contributed by atoms with Crippen molar-refractivity contribution in [3.63, 3.8) is 0 Å². The van der Waals surface area contributed by atoms with E-state index >= 15 is 0 Å². The second kappa shape index (κ2) is 5.99. The van der Waals surface area contributed by atoms with Crippen LogP contribution >= 0.6 is 27.5 Å². The number of urea groups is 1. The zero-order chi connectivity index (χ0) is 14.8. The quantitative estimate of drug-likeness (QED) is 0.770. The Hall–Kier alpha value is -1.31. The van der Waals surface area contributed by atoms with Crippen molar-refractivity contribution in [2.24, 2.45) is 0 Å². The molecule has 108 valence electrons. The Bertz CT molecular complexity index is 546. The third kappa shape index (κ3) is 3.23. The van der Waals surface area contributed by atoms with E-state index in [1.165, 1.54) is 0 Å². The fraction of sp³-hybridized carbons (Fsp3) is 0.333. The molecule has 0 aromatic heterocycles. The highest BCUT2D eigenvalue weighted by Gasteiger charge is 2.44. The van der Waals surface area contributed by atoms with Gasteiger partial charge in [0.2, 0.25) is 0 Å². The van der Waals surface area contributed by atoms with Crippen molar-refractivity contribution in [3.8, 4) is 0 Å². The molecule has 1 fully saturated rings. The summed E-state index contributed by atoms with van der Waals surface area (Å²) in [5.41, 5.74) is -0.904. The van der Waals surface area contributed by atoms with Gasteiger partial charge in [0.25, 0.3) is 0 Å². The van der Waals surface area contributed by atoms with Crippen molar-refractivity contribution in [2.45, 2.75) is 12.0 Å². The van der Waals surface area contributed by atoms with Gasteiger partial charge in [-0.1, -0.05) is 11.6 Å². The molecule has 2 rings (SSSR count). The molecule has 8 heteroatoms. The van der Waals surface area contributed by atoms with Crippen LogP contribution in [0.4, 0.5) is 10.5 Å². The van der Waals surface area contributed by atoms with Crippen LogP contribution in [0.1, 0.15) is 6.42 Å². The third-order valence-electron chi connectivity index (χ3n) is 2.96. The summed E-state index contributed by atoms with van der Waals surface area (Å²) in [4.78, 5) is 23.1. The number of carbonyl (C=O) groups is 2. The molecular formula is C12H12BrClN2O4. The number of hydrogen-bond acceptors (Lipinski definition) is 3. The minimum Gasteiger partial charge on any atom is -0.479 e. The number of rotatable bonds is 3. The summed E-state index contributed by atoms with van der Waals surface area (Å²) in [6, 6.07) is 4.28. The Kier molecular flexibility index (Phi) is 4.52. The average Bonchev–Trinajstić information content (AvgIpc) is 2.83. The fourth-order valence-corrected chi connectivity index (χ4v) is 2.27.